The number of hydrazine groups is 1. The summed E-state index contributed by atoms with van der Waals surface area (Å²) in [5, 5.41) is 8.36. The van der Waals surface area contributed by atoms with Gasteiger partial charge < -0.3 is 5.73 Å². The molecule has 0 aromatic heterocycles. The van der Waals surface area contributed by atoms with Crippen molar-refractivity contribution in [2.75, 3.05) is 0 Å². The van der Waals surface area contributed by atoms with Gasteiger partial charge in [0.05, 0.1) is 16.5 Å². The summed E-state index contributed by atoms with van der Waals surface area (Å²) in [4.78, 5) is 1.99. The maximum Gasteiger partial charge on any atom is 0.257 e. The largest absolute Gasteiger partial charge is 0.375 e. The number of nitrogens with one attached hydrogen (secondary N) is 2. The number of benzene rings is 1. The van der Waals surface area contributed by atoms with E-state index in [2.05, 4.69) is 17.6 Å². The number of rotatable bonds is 3. The van der Waals surface area contributed by atoms with Gasteiger partial charge in [-0.15, -0.1) is 4.83 Å². The van der Waals surface area contributed by atoms with E-state index < -0.39 is 10.0 Å². The lowest BCUT2D eigenvalue weighted by atomic mass is 10.2. The highest BCUT2D eigenvalue weighted by molar-refractivity contribution is 7.89. The summed E-state index contributed by atoms with van der Waals surface area (Å²) >= 11 is 4.45. The number of nitriles is 1. The third kappa shape index (κ3) is 3.16. The first kappa shape index (κ1) is 12.4. The quantitative estimate of drug-likeness (QED) is 0.501. The van der Waals surface area contributed by atoms with Gasteiger partial charge in [-0.1, -0.05) is 0 Å². The third-order valence-electron chi connectivity index (χ3n) is 1.60. The molecule has 0 amide bonds. The highest BCUT2D eigenvalue weighted by atomic mass is 32.2. The highest BCUT2D eigenvalue weighted by Gasteiger charge is 2.13. The van der Waals surface area contributed by atoms with Crippen LogP contribution >= 0.6 is 12.2 Å². The first-order chi connectivity index (χ1) is 7.45. The van der Waals surface area contributed by atoms with E-state index in [-0.39, 0.29) is 10.0 Å². The van der Waals surface area contributed by atoms with Crippen molar-refractivity contribution in [1.29, 1.82) is 5.26 Å². The Morgan fingerprint density at radius 2 is 1.94 bits per heavy atom. The number of nitrogens with zero attached hydrogens (tertiary/aromatic N) is 1. The van der Waals surface area contributed by atoms with E-state index >= 15 is 0 Å². The van der Waals surface area contributed by atoms with Crippen LogP contribution in [0.3, 0.4) is 0 Å². The number of hydrogen-bond donors (Lipinski definition) is 3. The molecule has 0 aliphatic carbocycles. The molecule has 6 nitrogen and oxygen atoms in total. The molecule has 0 spiro atoms. The van der Waals surface area contributed by atoms with Crippen molar-refractivity contribution in [2.24, 2.45) is 5.73 Å². The Morgan fingerprint density at radius 3 is 2.38 bits per heavy atom. The van der Waals surface area contributed by atoms with E-state index in [1.54, 1.807) is 0 Å². The van der Waals surface area contributed by atoms with Crippen LogP contribution in [0, 0.1) is 11.3 Å². The highest BCUT2D eigenvalue weighted by Crippen LogP contribution is 2.08. The molecule has 1 aromatic carbocycles. The van der Waals surface area contributed by atoms with E-state index in [0.29, 0.717) is 5.56 Å². The summed E-state index contributed by atoms with van der Waals surface area (Å²) in [7, 11) is -3.72. The van der Waals surface area contributed by atoms with Crippen molar-refractivity contribution < 1.29 is 8.42 Å². The Labute approximate surface area is 98.1 Å². The molecule has 1 rings (SSSR count). The fraction of sp³-hybridized carbons (Fsp3) is 0. The van der Waals surface area contributed by atoms with Crippen molar-refractivity contribution in [3.8, 4) is 6.07 Å². The summed E-state index contributed by atoms with van der Waals surface area (Å²) < 4.78 is 23.1. The minimum absolute atomic E-state index is 0.00949. The van der Waals surface area contributed by atoms with Crippen molar-refractivity contribution >= 4 is 27.4 Å². The Kier molecular flexibility index (Phi) is 3.78. The molecule has 0 aliphatic rings. The topological polar surface area (TPSA) is 108 Å². The van der Waals surface area contributed by atoms with Crippen molar-refractivity contribution in [2.45, 2.75) is 4.90 Å². The lowest BCUT2D eigenvalue weighted by Gasteiger charge is -2.07. The lowest BCUT2D eigenvalue weighted by Crippen LogP contribution is -2.44. The van der Waals surface area contributed by atoms with Crippen LogP contribution in [0.1, 0.15) is 5.56 Å². The number of hydrogen-bond acceptors (Lipinski definition) is 4. The number of sulfonamides is 1. The van der Waals surface area contributed by atoms with Gasteiger partial charge in [-0.2, -0.15) is 5.26 Å². The Bertz CT molecular complexity index is 530. The van der Waals surface area contributed by atoms with Crippen LogP contribution in [-0.2, 0) is 10.0 Å². The second kappa shape index (κ2) is 4.89. The molecular formula is C8H8N4O2S2. The van der Waals surface area contributed by atoms with E-state index in [1.807, 2.05) is 10.9 Å². The van der Waals surface area contributed by atoms with Crippen molar-refractivity contribution in [1.82, 2.24) is 10.3 Å². The van der Waals surface area contributed by atoms with Crippen LogP contribution < -0.4 is 16.0 Å². The fourth-order valence-corrected chi connectivity index (χ4v) is 1.86. The third-order valence-corrected chi connectivity index (χ3v) is 2.97. The van der Waals surface area contributed by atoms with E-state index in [1.165, 1.54) is 24.3 Å². The van der Waals surface area contributed by atoms with Gasteiger partial charge in [0.2, 0.25) is 0 Å². The average molecular weight is 256 g/mol. The molecule has 16 heavy (non-hydrogen) atoms. The van der Waals surface area contributed by atoms with Crippen LogP contribution in [-0.4, -0.2) is 13.5 Å². The molecule has 4 N–H and O–H groups in total. The molecule has 0 fully saturated rings. The Morgan fingerprint density at radius 1 is 1.38 bits per heavy atom. The predicted octanol–water partition coefficient (Wildman–Crippen LogP) is -0.415. The summed E-state index contributed by atoms with van der Waals surface area (Å²) in [6.07, 6.45) is 0. The normalized spacial score (nSPS) is 10.4. The molecule has 0 saturated carbocycles. The van der Waals surface area contributed by atoms with Gasteiger partial charge >= 0.3 is 0 Å². The van der Waals surface area contributed by atoms with E-state index in [4.69, 9.17) is 11.0 Å². The zero-order chi connectivity index (χ0) is 12.2. The molecule has 0 heterocycles. The summed E-state index contributed by atoms with van der Waals surface area (Å²) in [5.41, 5.74) is 7.57. The van der Waals surface area contributed by atoms with Gasteiger partial charge in [0.25, 0.3) is 10.0 Å². The van der Waals surface area contributed by atoms with Crippen LogP contribution in [0.2, 0.25) is 0 Å². The molecule has 0 radical (unpaired) electrons. The maximum atomic E-state index is 11.6. The second-order valence-corrected chi connectivity index (χ2v) is 4.85. The predicted molar refractivity (Wildman–Crippen MR) is 61.4 cm³/mol. The van der Waals surface area contributed by atoms with Gasteiger partial charge in [-0.05, 0) is 36.5 Å². The van der Waals surface area contributed by atoms with Crippen LogP contribution in [0.25, 0.3) is 0 Å². The Hall–Kier alpha value is -1.69. The van der Waals surface area contributed by atoms with Crippen LogP contribution in [0.5, 0.6) is 0 Å². The first-order valence-electron chi connectivity index (χ1n) is 4.03. The first-order valence-corrected chi connectivity index (χ1v) is 5.92. The molecular weight excluding hydrogens is 248 g/mol. The van der Waals surface area contributed by atoms with Crippen LogP contribution in [0.15, 0.2) is 29.2 Å². The standard InChI is InChI=1S/C8H8N4O2S2/c9-5-6-1-3-7(4-2-6)16(13,14)12-11-8(10)15/h1-4,12H,(H3,10,11,15). The maximum absolute atomic E-state index is 11.6. The Balaban J connectivity index is 2.91. The smallest absolute Gasteiger partial charge is 0.257 e. The van der Waals surface area contributed by atoms with Crippen LogP contribution in [0.4, 0.5) is 0 Å². The summed E-state index contributed by atoms with van der Waals surface area (Å²) in [6.45, 7) is 0. The molecule has 0 unspecified atom stereocenters. The molecule has 8 heteroatoms. The molecule has 0 atom stereocenters. The fourth-order valence-electron chi connectivity index (χ4n) is 0.885. The molecule has 0 aliphatic heterocycles. The summed E-state index contributed by atoms with van der Waals surface area (Å²) in [6, 6.07) is 7.30. The lowest BCUT2D eigenvalue weighted by molar-refractivity contribution is 0.577. The monoisotopic (exact) mass is 256 g/mol. The number of nitrogens with two attached hydrogens (primary N) is 1. The minimum Gasteiger partial charge on any atom is -0.375 e. The van der Waals surface area contributed by atoms with Crippen molar-refractivity contribution in [3.63, 3.8) is 0 Å². The van der Waals surface area contributed by atoms with Gasteiger partial charge in [0.1, 0.15) is 0 Å². The molecule has 84 valence electrons. The SMILES string of the molecule is N#Cc1ccc(S(=O)(=O)NNC(N)=S)cc1. The zero-order valence-corrected chi connectivity index (χ0v) is 9.60. The molecule has 1 aromatic rings. The molecule has 0 saturated heterocycles. The summed E-state index contributed by atoms with van der Waals surface area (Å²) in [5.74, 6) is 0. The van der Waals surface area contributed by atoms with Gasteiger partial charge in [0, 0.05) is 0 Å². The van der Waals surface area contributed by atoms with Gasteiger partial charge in [-0.3, -0.25) is 5.43 Å². The minimum atomic E-state index is -3.72. The molecule has 0 bridgehead atoms. The van der Waals surface area contributed by atoms with E-state index in [0.717, 1.165) is 0 Å². The van der Waals surface area contributed by atoms with Crippen molar-refractivity contribution in [3.05, 3.63) is 29.8 Å². The number of thiocarbonyl (C=S) groups is 1. The van der Waals surface area contributed by atoms with Gasteiger partial charge in [-0.25, -0.2) is 8.42 Å². The average Bonchev–Trinajstić information content (AvgIpc) is 2.27. The zero-order valence-electron chi connectivity index (χ0n) is 7.97. The van der Waals surface area contributed by atoms with E-state index in [9.17, 15) is 8.42 Å². The van der Waals surface area contributed by atoms with Gasteiger partial charge in [0.15, 0.2) is 5.11 Å². The second-order valence-electron chi connectivity index (χ2n) is 2.73.